The number of rotatable bonds is 7. The van der Waals surface area contributed by atoms with Gasteiger partial charge in [0.05, 0.1) is 21.5 Å². The molecule has 0 N–H and O–H groups in total. The lowest BCUT2D eigenvalue weighted by Gasteiger charge is -2.37. The Morgan fingerprint density at radius 1 is 0.829 bits per heavy atom. The fourth-order valence-electron chi connectivity index (χ4n) is 3.93. The molecule has 10 heteroatoms. The van der Waals surface area contributed by atoms with Gasteiger partial charge in [-0.2, -0.15) is 4.31 Å². The molecule has 1 saturated heterocycles. The van der Waals surface area contributed by atoms with Crippen LogP contribution in [0.15, 0.2) is 77.7 Å². The van der Waals surface area contributed by atoms with E-state index in [1.54, 1.807) is 23.1 Å². The summed E-state index contributed by atoms with van der Waals surface area (Å²) in [5, 5.41) is 1.11. The zero-order chi connectivity index (χ0) is 25.0. The Bertz CT molecular complexity index is 1280. The van der Waals surface area contributed by atoms with Crippen LogP contribution in [0.4, 0.5) is 5.69 Å². The highest BCUT2D eigenvalue weighted by molar-refractivity contribution is 7.89. The highest BCUT2D eigenvalue weighted by Crippen LogP contribution is 2.26. The largest absolute Gasteiger partial charge is 0.368 e. The van der Waals surface area contributed by atoms with Gasteiger partial charge >= 0.3 is 0 Å². The van der Waals surface area contributed by atoms with Crippen LogP contribution in [0.2, 0.25) is 15.1 Å². The second-order valence-electron chi connectivity index (χ2n) is 8.18. The van der Waals surface area contributed by atoms with Crippen molar-refractivity contribution in [3.63, 3.8) is 0 Å². The average molecular weight is 553 g/mol. The second kappa shape index (κ2) is 11.2. The minimum atomic E-state index is -3.99. The van der Waals surface area contributed by atoms with Gasteiger partial charge < -0.3 is 9.80 Å². The van der Waals surface area contributed by atoms with Gasteiger partial charge in [-0.25, -0.2) is 8.42 Å². The zero-order valence-electron chi connectivity index (χ0n) is 18.8. The van der Waals surface area contributed by atoms with Gasteiger partial charge in [0.2, 0.25) is 15.9 Å². The van der Waals surface area contributed by atoms with E-state index in [1.165, 1.54) is 28.6 Å². The van der Waals surface area contributed by atoms with E-state index in [9.17, 15) is 13.2 Å². The number of halogens is 3. The summed E-state index contributed by atoms with van der Waals surface area (Å²) < 4.78 is 28.2. The fraction of sp³-hybridized carbons (Fsp3) is 0.240. The topological polar surface area (TPSA) is 60.9 Å². The number of para-hydroxylation sites is 1. The maximum Gasteiger partial charge on any atom is 0.243 e. The number of hydrogen-bond acceptors (Lipinski definition) is 4. The van der Waals surface area contributed by atoms with Crippen molar-refractivity contribution in [1.82, 2.24) is 9.21 Å². The molecule has 3 aromatic rings. The molecule has 184 valence electrons. The van der Waals surface area contributed by atoms with Gasteiger partial charge in [-0.3, -0.25) is 4.79 Å². The lowest BCUT2D eigenvalue weighted by Crippen LogP contribution is -2.51. The van der Waals surface area contributed by atoms with Crippen LogP contribution in [0.1, 0.15) is 5.56 Å². The van der Waals surface area contributed by atoms with E-state index in [-0.39, 0.29) is 23.9 Å². The van der Waals surface area contributed by atoms with E-state index >= 15 is 0 Å². The summed E-state index contributed by atoms with van der Waals surface area (Å²) in [7, 11) is -3.99. The Morgan fingerprint density at radius 2 is 1.49 bits per heavy atom. The molecule has 0 aliphatic carbocycles. The molecule has 35 heavy (non-hydrogen) atoms. The van der Waals surface area contributed by atoms with E-state index in [1.807, 2.05) is 30.3 Å². The molecule has 3 aromatic carbocycles. The van der Waals surface area contributed by atoms with E-state index in [0.29, 0.717) is 46.8 Å². The third-order valence-corrected chi connectivity index (χ3v) is 8.66. The van der Waals surface area contributed by atoms with Crippen LogP contribution < -0.4 is 4.90 Å². The van der Waals surface area contributed by atoms with E-state index < -0.39 is 10.0 Å². The number of nitrogens with zero attached hydrogens (tertiary/aromatic N) is 3. The predicted molar refractivity (Wildman–Crippen MR) is 141 cm³/mol. The number of carbonyl (C=O) groups is 1. The molecule has 0 bridgehead atoms. The van der Waals surface area contributed by atoms with Crippen LogP contribution >= 0.6 is 34.8 Å². The third-order valence-electron chi connectivity index (χ3n) is 5.86. The minimum Gasteiger partial charge on any atom is -0.368 e. The van der Waals surface area contributed by atoms with Crippen molar-refractivity contribution in [3.05, 3.63) is 93.4 Å². The molecule has 1 aliphatic heterocycles. The van der Waals surface area contributed by atoms with Gasteiger partial charge in [0.25, 0.3) is 0 Å². The van der Waals surface area contributed by atoms with Crippen LogP contribution in [0, 0.1) is 0 Å². The SMILES string of the molecule is O=C(CN(Cc1ccc(Cl)c(Cl)c1)S(=O)(=O)c1ccc(Cl)cc1)N1CCN(c2ccccc2)CC1. The normalized spacial score (nSPS) is 14.4. The highest BCUT2D eigenvalue weighted by Gasteiger charge is 2.30. The minimum absolute atomic E-state index is 0.0302. The summed E-state index contributed by atoms with van der Waals surface area (Å²) in [5.74, 6) is -0.254. The van der Waals surface area contributed by atoms with Gasteiger partial charge in [0.1, 0.15) is 0 Å². The van der Waals surface area contributed by atoms with Crippen LogP contribution in [-0.2, 0) is 21.4 Å². The molecule has 4 rings (SSSR count). The number of amides is 1. The molecule has 1 fully saturated rings. The van der Waals surface area contributed by atoms with Crippen LogP contribution in [0.25, 0.3) is 0 Å². The Morgan fingerprint density at radius 3 is 2.11 bits per heavy atom. The summed E-state index contributed by atoms with van der Waals surface area (Å²) in [6.07, 6.45) is 0. The fourth-order valence-corrected chi connectivity index (χ4v) is 5.75. The summed E-state index contributed by atoms with van der Waals surface area (Å²) >= 11 is 18.1. The molecule has 0 aromatic heterocycles. The van der Waals surface area contributed by atoms with E-state index in [0.717, 1.165) is 5.69 Å². The lowest BCUT2D eigenvalue weighted by atomic mass is 10.2. The van der Waals surface area contributed by atoms with Gasteiger partial charge in [0, 0.05) is 43.4 Å². The maximum absolute atomic E-state index is 13.5. The molecule has 0 atom stereocenters. The van der Waals surface area contributed by atoms with E-state index in [2.05, 4.69) is 4.90 Å². The molecule has 6 nitrogen and oxygen atoms in total. The second-order valence-corrected chi connectivity index (χ2v) is 11.4. The number of piperazine rings is 1. The van der Waals surface area contributed by atoms with Crippen molar-refractivity contribution >= 4 is 56.4 Å². The van der Waals surface area contributed by atoms with Gasteiger partial charge in [-0.15, -0.1) is 0 Å². The Labute approximate surface area is 220 Å². The van der Waals surface area contributed by atoms with Crippen molar-refractivity contribution in [1.29, 1.82) is 0 Å². The van der Waals surface area contributed by atoms with Gasteiger partial charge in [0.15, 0.2) is 0 Å². The number of carbonyl (C=O) groups excluding carboxylic acids is 1. The smallest absolute Gasteiger partial charge is 0.243 e. The summed E-state index contributed by atoms with van der Waals surface area (Å²) in [4.78, 5) is 17.2. The Balaban J connectivity index is 1.52. The first kappa shape index (κ1) is 25.8. The molecule has 0 spiro atoms. The highest BCUT2D eigenvalue weighted by atomic mass is 35.5. The first-order chi connectivity index (χ1) is 16.7. The molecule has 1 amide bonds. The average Bonchev–Trinajstić information content (AvgIpc) is 2.86. The van der Waals surface area contributed by atoms with Crippen LogP contribution in [0.5, 0.6) is 0 Å². The lowest BCUT2D eigenvalue weighted by molar-refractivity contribution is -0.131. The summed E-state index contributed by atoms with van der Waals surface area (Å²) in [5.41, 5.74) is 1.73. The molecular weight excluding hydrogens is 529 g/mol. The van der Waals surface area contributed by atoms with Crippen molar-refractivity contribution in [3.8, 4) is 0 Å². The predicted octanol–water partition coefficient (Wildman–Crippen LogP) is 5.19. The molecule has 0 saturated carbocycles. The number of hydrogen-bond donors (Lipinski definition) is 0. The summed E-state index contributed by atoms with van der Waals surface area (Å²) in [6, 6.07) is 20.8. The van der Waals surface area contributed by atoms with Gasteiger partial charge in [-0.1, -0.05) is 59.1 Å². The summed E-state index contributed by atoms with van der Waals surface area (Å²) in [6.45, 7) is 2.04. The Hall–Kier alpha value is -2.29. The third kappa shape index (κ3) is 6.29. The number of anilines is 1. The molecule has 0 radical (unpaired) electrons. The van der Waals surface area contributed by atoms with Gasteiger partial charge in [-0.05, 0) is 54.1 Å². The molecule has 0 unspecified atom stereocenters. The maximum atomic E-state index is 13.5. The molecule has 1 aliphatic rings. The van der Waals surface area contributed by atoms with Crippen molar-refractivity contribution in [2.75, 3.05) is 37.6 Å². The van der Waals surface area contributed by atoms with Crippen LogP contribution in [0.3, 0.4) is 0 Å². The molecular formula is C25H24Cl3N3O3S. The van der Waals surface area contributed by atoms with Crippen LogP contribution in [-0.4, -0.2) is 56.3 Å². The zero-order valence-corrected chi connectivity index (χ0v) is 21.9. The van der Waals surface area contributed by atoms with Crippen molar-refractivity contribution in [2.45, 2.75) is 11.4 Å². The molecule has 1 heterocycles. The quantitative estimate of drug-likeness (QED) is 0.405. The van der Waals surface area contributed by atoms with Crippen molar-refractivity contribution in [2.24, 2.45) is 0 Å². The Kier molecular flexibility index (Phi) is 8.24. The van der Waals surface area contributed by atoms with Crippen molar-refractivity contribution < 1.29 is 13.2 Å². The van der Waals surface area contributed by atoms with E-state index in [4.69, 9.17) is 34.8 Å². The monoisotopic (exact) mass is 551 g/mol. The first-order valence-corrected chi connectivity index (χ1v) is 13.6. The number of sulfonamides is 1. The standard InChI is InChI=1S/C25H24Cl3N3O3S/c26-20-7-9-22(10-8-20)35(33,34)31(17-19-6-11-23(27)24(28)16-19)18-25(32)30-14-12-29(13-15-30)21-4-2-1-3-5-21/h1-11,16H,12-15,17-18H2. The first-order valence-electron chi connectivity index (χ1n) is 11.0. The number of benzene rings is 3.